The maximum absolute atomic E-state index is 12.9. The van der Waals surface area contributed by atoms with Crippen LogP contribution in [-0.4, -0.2) is 19.1 Å². The fourth-order valence-electron chi connectivity index (χ4n) is 1.14. The van der Waals surface area contributed by atoms with Crippen LogP contribution in [0.4, 0.5) is 10.1 Å². The summed E-state index contributed by atoms with van der Waals surface area (Å²) in [5.41, 5.74) is 0.671. The van der Waals surface area contributed by atoms with Crippen molar-refractivity contribution in [2.75, 3.05) is 18.5 Å². The minimum Gasteiger partial charge on any atom is -0.463 e. The first-order chi connectivity index (χ1) is 8.04. The molecule has 0 saturated heterocycles. The molecule has 0 radical (unpaired) electrons. The van der Waals surface area contributed by atoms with Gasteiger partial charge < -0.3 is 10.1 Å². The molecule has 0 aliphatic rings. The summed E-state index contributed by atoms with van der Waals surface area (Å²) in [6.45, 7) is 5.72. The molecule has 92 valence electrons. The van der Waals surface area contributed by atoms with Gasteiger partial charge >= 0.3 is 5.97 Å². The second-order valence-corrected chi connectivity index (χ2v) is 3.71. The zero-order valence-electron chi connectivity index (χ0n) is 9.43. The lowest BCUT2D eigenvalue weighted by molar-refractivity contribution is -0.138. The summed E-state index contributed by atoms with van der Waals surface area (Å²) < 4.78 is 17.7. The van der Waals surface area contributed by atoms with E-state index < -0.39 is 11.8 Å². The smallest absolute Gasteiger partial charge is 0.335 e. The van der Waals surface area contributed by atoms with E-state index in [0.717, 1.165) is 0 Å². The number of hydrogen-bond acceptors (Lipinski definition) is 3. The van der Waals surface area contributed by atoms with Crippen LogP contribution in [0.1, 0.15) is 6.92 Å². The lowest BCUT2D eigenvalue weighted by Gasteiger charge is -2.09. The molecule has 0 saturated carbocycles. The van der Waals surface area contributed by atoms with E-state index in [1.54, 1.807) is 6.92 Å². The normalized spacial score (nSPS) is 9.82. The second kappa shape index (κ2) is 6.25. The predicted molar refractivity (Wildman–Crippen MR) is 65.7 cm³/mol. The maximum atomic E-state index is 12.9. The van der Waals surface area contributed by atoms with Gasteiger partial charge in [0.05, 0.1) is 17.3 Å². The number of carbonyl (C=O) groups is 1. The summed E-state index contributed by atoms with van der Waals surface area (Å²) in [5, 5.41) is 3.20. The molecule has 0 heterocycles. The van der Waals surface area contributed by atoms with Crippen LogP contribution in [0.25, 0.3) is 0 Å². The first-order valence-electron chi connectivity index (χ1n) is 5.08. The third-order valence-electron chi connectivity index (χ3n) is 1.98. The number of benzene rings is 1. The first-order valence-corrected chi connectivity index (χ1v) is 5.46. The summed E-state index contributed by atoms with van der Waals surface area (Å²) in [5.74, 6) is -0.883. The van der Waals surface area contributed by atoms with Crippen molar-refractivity contribution in [3.8, 4) is 0 Å². The van der Waals surface area contributed by atoms with E-state index in [1.807, 2.05) is 0 Å². The molecule has 0 aromatic heterocycles. The third-order valence-corrected chi connectivity index (χ3v) is 2.31. The van der Waals surface area contributed by atoms with Crippen LogP contribution >= 0.6 is 11.6 Å². The molecule has 5 heteroatoms. The van der Waals surface area contributed by atoms with Crippen LogP contribution < -0.4 is 5.32 Å². The number of esters is 1. The van der Waals surface area contributed by atoms with Gasteiger partial charge in [0.1, 0.15) is 5.82 Å². The number of halogens is 2. The molecule has 1 N–H and O–H groups in total. The zero-order valence-corrected chi connectivity index (χ0v) is 10.2. The molecule has 0 atom stereocenters. The Morgan fingerprint density at radius 1 is 1.59 bits per heavy atom. The Balaban J connectivity index is 2.58. The van der Waals surface area contributed by atoms with Crippen molar-refractivity contribution < 1.29 is 13.9 Å². The summed E-state index contributed by atoms with van der Waals surface area (Å²) in [6, 6.07) is 3.95. The van der Waals surface area contributed by atoms with Crippen molar-refractivity contribution in [2.24, 2.45) is 0 Å². The topological polar surface area (TPSA) is 38.3 Å². The number of hydrogen-bond donors (Lipinski definition) is 1. The summed E-state index contributed by atoms with van der Waals surface area (Å²) in [4.78, 5) is 11.2. The van der Waals surface area contributed by atoms with Gasteiger partial charge in [-0.25, -0.2) is 9.18 Å². The number of anilines is 1. The van der Waals surface area contributed by atoms with Crippen LogP contribution in [0, 0.1) is 5.82 Å². The van der Waals surface area contributed by atoms with Gasteiger partial charge in [-0.2, -0.15) is 0 Å². The highest BCUT2D eigenvalue weighted by Gasteiger charge is 2.08. The van der Waals surface area contributed by atoms with E-state index >= 15 is 0 Å². The third kappa shape index (κ3) is 4.07. The van der Waals surface area contributed by atoms with Crippen molar-refractivity contribution in [3.05, 3.63) is 41.2 Å². The average Bonchev–Trinajstić information content (AvgIpc) is 2.30. The van der Waals surface area contributed by atoms with Crippen LogP contribution in [0.5, 0.6) is 0 Å². The molecule has 1 aromatic rings. The highest BCUT2D eigenvalue weighted by Crippen LogP contribution is 2.22. The lowest BCUT2D eigenvalue weighted by Crippen LogP contribution is -2.15. The minimum atomic E-state index is -0.479. The molecule has 0 fully saturated rings. The molecule has 0 amide bonds. The largest absolute Gasteiger partial charge is 0.463 e. The van der Waals surface area contributed by atoms with E-state index in [0.29, 0.717) is 17.3 Å². The summed E-state index contributed by atoms with van der Waals surface area (Å²) in [6.07, 6.45) is 0. The van der Waals surface area contributed by atoms with Crippen molar-refractivity contribution in [3.63, 3.8) is 0 Å². The van der Waals surface area contributed by atoms with E-state index in [4.69, 9.17) is 16.3 Å². The molecule has 17 heavy (non-hydrogen) atoms. The molecule has 1 aromatic carbocycles. The average molecular weight is 258 g/mol. The first kappa shape index (κ1) is 13.5. The lowest BCUT2D eigenvalue weighted by atomic mass is 10.2. The van der Waals surface area contributed by atoms with Gasteiger partial charge in [-0.15, -0.1) is 0 Å². The second-order valence-electron chi connectivity index (χ2n) is 3.30. The minimum absolute atomic E-state index is 0.155. The van der Waals surface area contributed by atoms with Crippen LogP contribution in [0.2, 0.25) is 5.02 Å². The predicted octanol–water partition coefficient (Wildman–Crippen LogP) is 3.01. The van der Waals surface area contributed by atoms with E-state index in [1.165, 1.54) is 18.2 Å². The Hall–Kier alpha value is -1.55. The SMILES string of the molecule is C=C(CNc1cc(F)ccc1Cl)C(=O)OCC. The Labute approximate surface area is 104 Å². The Bertz CT molecular complexity index is 435. The van der Waals surface area contributed by atoms with Crippen LogP contribution in [0.3, 0.4) is 0 Å². The zero-order chi connectivity index (χ0) is 12.8. The van der Waals surface area contributed by atoms with Crippen LogP contribution in [0.15, 0.2) is 30.4 Å². The molecule has 0 unspecified atom stereocenters. The van der Waals surface area contributed by atoms with Crippen molar-refractivity contribution in [1.82, 2.24) is 0 Å². The number of carbonyl (C=O) groups excluding carboxylic acids is 1. The number of rotatable bonds is 5. The molecular formula is C12H13ClFNO2. The van der Waals surface area contributed by atoms with Gasteiger partial charge in [-0.1, -0.05) is 18.2 Å². The van der Waals surface area contributed by atoms with Gasteiger partial charge in [0, 0.05) is 12.1 Å². The van der Waals surface area contributed by atoms with Crippen molar-refractivity contribution in [1.29, 1.82) is 0 Å². The molecule has 0 aliphatic carbocycles. The Morgan fingerprint density at radius 3 is 2.94 bits per heavy atom. The fourth-order valence-corrected chi connectivity index (χ4v) is 1.32. The van der Waals surface area contributed by atoms with E-state index in [2.05, 4.69) is 11.9 Å². The van der Waals surface area contributed by atoms with E-state index in [-0.39, 0.29) is 12.1 Å². The Kier molecular flexibility index (Phi) is 4.97. The highest BCUT2D eigenvalue weighted by molar-refractivity contribution is 6.33. The summed E-state index contributed by atoms with van der Waals surface area (Å²) in [7, 11) is 0. The highest BCUT2D eigenvalue weighted by atomic mass is 35.5. The molecule has 3 nitrogen and oxygen atoms in total. The standard InChI is InChI=1S/C12H13ClFNO2/c1-3-17-12(16)8(2)7-15-11-6-9(14)4-5-10(11)13/h4-6,15H,2-3,7H2,1H3. The van der Waals surface area contributed by atoms with Gasteiger partial charge in [-0.3, -0.25) is 0 Å². The maximum Gasteiger partial charge on any atom is 0.335 e. The molecule has 0 aliphatic heterocycles. The molecule has 1 rings (SSSR count). The number of ether oxygens (including phenoxy) is 1. The fraction of sp³-hybridized carbons (Fsp3) is 0.250. The van der Waals surface area contributed by atoms with Gasteiger partial charge in [0.2, 0.25) is 0 Å². The monoisotopic (exact) mass is 257 g/mol. The van der Waals surface area contributed by atoms with Crippen molar-refractivity contribution >= 4 is 23.3 Å². The van der Waals surface area contributed by atoms with Crippen molar-refractivity contribution in [2.45, 2.75) is 6.92 Å². The summed E-state index contributed by atoms with van der Waals surface area (Å²) >= 11 is 5.85. The molecule has 0 bridgehead atoms. The quantitative estimate of drug-likeness (QED) is 0.651. The molecular weight excluding hydrogens is 245 g/mol. The van der Waals surface area contributed by atoms with E-state index in [9.17, 15) is 9.18 Å². The molecule has 0 spiro atoms. The number of nitrogens with one attached hydrogen (secondary N) is 1. The van der Waals surface area contributed by atoms with Gasteiger partial charge in [-0.05, 0) is 25.1 Å². The van der Waals surface area contributed by atoms with Gasteiger partial charge in [0.25, 0.3) is 0 Å². The van der Waals surface area contributed by atoms with Crippen LogP contribution in [-0.2, 0) is 9.53 Å². The Morgan fingerprint density at radius 2 is 2.29 bits per heavy atom. The van der Waals surface area contributed by atoms with Gasteiger partial charge in [0.15, 0.2) is 0 Å².